The van der Waals surface area contributed by atoms with E-state index < -0.39 is 0 Å². The summed E-state index contributed by atoms with van der Waals surface area (Å²) in [4.78, 5) is 12.2. The number of hydrogen-bond donors (Lipinski definition) is 0. The van der Waals surface area contributed by atoms with Gasteiger partial charge in [0.15, 0.2) is 12.2 Å². The van der Waals surface area contributed by atoms with Crippen LogP contribution in [0.1, 0.15) is 25.3 Å². The lowest BCUT2D eigenvalue weighted by Gasteiger charge is -2.08. The van der Waals surface area contributed by atoms with Gasteiger partial charge in [-0.2, -0.15) is 0 Å². The largest absolute Gasteiger partial charge is 0.471 e. The molecule has 2 aromatic rings. The number of benzene rings is 1. The van der Waals surface area contributed by atoms with Crippen molar-refractivity contribution in [3.63, 3.8) is 0 Å². The minimum Gasteiger partial charge on any atom is -0.471 e. The van der Waals surface area contributed by atoms with Gasteiger partial charge in [0.1, 0.15) is 5.75 Å². The SMILES string of the molecule is CC(C)c1cn2c3c(cccc3c1=O)OC2. The molecule has 82 valence electrons. The molecule has 0 bridgehead atoms. The van der Waals surface area contributed by atoms with Crippen molar-refractivity contribution in [2.75, 3.05) is 0 Å². The molecule has 3 heteroatoms. The molecular weight excluding hydrogens is 202 g/mol. The summed E-state index contributed by atoms with van der Waals surface area (Å²) in [5, 5.41) is 0.765. The van der Waals surface area contributed by atoms with Crippen LogP contribution in [0.2, 0.25) is 0 Å². The van der Waals surface area contributed by atoms with Gasteiger partial charge in [-0.05, 0) is 18.1 Å². The van der Waals surface area contributed by atoms with Crippen LogP contribution in [-0.2, 0) is 6.73 Å². The Morgan fingerprint density at radius 3 is 2.94 bits per heavy atom. The van der Waals surface area contributed by atoms with Crippen LogP contribution in [0.3, 0.4) is 0 Å². The molecular formula is C13H13NO2. The maximum Gasteiger partial charge on any atom is 0.192 e. The Labute approximate surface area is 93.3 Å². The highest BCUT2D eigenvalue weighted by atomic mass is 16.5. The number of aromatic nitrogens is 1. The minimum atomic E-state index is 0.133. The van der Waals surface area contributed by atoms with Gasteiger partial charge in [0.2, 0.25) is 0 Å². The van der Waals surface area contributed by atoms with Crippen LogP contribution in [0.5, 0.6) is 5.75 Å². The van der Waals surface area contributed by atoms with E-state index in [2.05, 4.69) is 0 Å². The first kappa shape index (κ1) is 9.46. The molecule has 0 saturated carbocycles. The van der Waals surface area contributed by atoms with Gasteiger partial charge in [-0.1, -0.05) is 19.9 Å². The molecule has 0 saturated heterocycles. The second-order valence-electron chi connectivity index (χ2n) is 4.46. The predicted octanol–water partition coefficient (Wildman–Crippen LogP) is 2.47. The van der Waals surface area contributed by atoms with Crippen LogP contribution in [0.15, 0.2) is 29.2 Å². The van der Waals surface area contributed by atoms with E-state index in [-0.39, 0.29) is 11.3 Å². The van der Waals surface area contributed by atoms with Crippen LogP contribution in [0.25, 0.3) is 10.9 Å². The molecule has 1 aliphatic rings. The monoisotopic (exact) mass is 215 g/mol. The molecule has 0 fully saturated rings. The predicted molar refractivity (Wildman–Crippen MR) is 62.9 cm³/mol. The quantitative estimate of drug-likeness (QED) is 0.731. The number of nitrogens with zero attached hydrogens (tertiary/aromatic N) is 1. The molecule has 0 N–H and O–H groups in total. The molecule has 0 spiro atoms. The Morgan fingerprint density at radius 1 is 1.38 bits per heavy atom. The van der Waals surface area contributed by atoms with E-state index in [1.54, 1.807) is 0 Å². The lowest BCUT2D eigenvalue weighted by atomic mass is 10.0. The molecule has 3 nitrogen and oxygen atoms in total. The fourth-order valence-electron chi connectivity index (χ4n) is 2.22. The molecule has 1 aromatic heterocycles. The first-order chi connectivity index (χ1) is 7.68. The maximum atomic E-state index is 12.2. The Hall–Kier alpha value is -1.77. The first-order valence-electron chi connectivity index (χ1n) is 5.47. The Balaban J connectivity index is 2.49. The highest BCUT2D eigenvalue weighted by Crippen LogP contribution is 2.30. The van der Waals surface area contributed by atoms with Crippen molar-refractivity contribution in [3.8, 4) is 5.75 Å². The van der Waals surface area contributed by atoms with Crippen molar-refractivity contribution in [2.24, 2.45) is 0 Å². The van der Waals surface area contributed by atoms with Crippen molar-refractivity contribution < 1.29 is 4.74 Å². The van der Waals surface area contributed by atoms with Gasteiger partial charge in [0.05, 0.1) is 5.52 Å². The van der Waals surface area contributed by atoms with E-state index in [1.165, 1.54) is 0 Å². The van der Waals surface area contributed by atoms with Gasteiger partial charge >= 0.3 is 0 Å². The van der Waals surface area contributed by atoms with Crippen molar-refractivity contribution in [3.05, 3.63) is 40.2 Å². The van der Waals surface area contributed by atoms with Gasteiger partial charge in [0.25, 0.3) is 0 Å². The zero-order chi connectivity index (χ0) is 11.3. The number of rotatable bonds is 1. The summed E-state index contributed by atoms with van der Waals surface area (Å²) in [6.45, 7) is 4.58. The highest BCUT2D eigenvalue weighted by Gasteiger charge is 2.18. The summed E-state index contributed by atoms with van der Waals surface area (Å²) in [5.41, 5.74) is 1.92. The van der Waals surface area contributed by atoms with Crippen LogP contribution in [-0.4, -0.2) is 4.57 Å². The van der Waals surface area contributed by atoms with E-state index in [0.29, 0.717) is 6.73 Å². The van der Waals surface area contributed by atoms with Crippen molar-refractivity contribution >= 4 is 10.9 Å². The van der Waals surface area contributed by atoms with Gasteiger partial charge in [0, 0.05) is 17.1 Å². The highest BCUT2D eigenvalue weighted by molar-refractivity contribution is 5.86. The van der Waals surface area contributed by atoms with E-state index in [9.17, 15) is 4.79 Å². The van der Waals surface area contributed by atoms with Gasteiger partial charge in [-0.25, -0.2) is 0 Å². The standard InChI is InChI=1S/C13H13NO2/c1-8(2)10-6-14-7-16-11-5-3-4-9(12(11)14)13(10)15/h3-6,8H,7H2,1-2H3. The summed E-state index contributed by atoms with van der Waals surface area (Å²) < 4.78 is 7.54. The Bertz CT molecular complexity index is 626. The Morgan fingerprint density at radius 2 is 2.19 bits per heavy atom. The molecule has 2 heterocycles. The molecule has 0 unspecified atom stereocenters. The number of pyridine rings is 1. The van der Waals surface area contributed by atoms with E-state index in [4.69, 9.17) is 4.74 Å². The normalized spacial score (nSPS) is 13.4. The third-order valence-corrected chi connectivity index (χ3v) is 3.07. The van der Waals surface area contributed by atoms with Gasteiger partial charge in [-0.3, -0.25) is 4.79 Å². The third kappa shape index (κ3) is 1.11. The second-order valence-corrected chi connectivity index (χ2v) is 4.46. The topological polar surface area (TPSA) is 31.2 Å². The summed E-state index contributed by atoms with van der Waals surface area (Å²) >= 11 is 0. The molecule has 0 atom stereocenters. The summed E-state index contributed by atoms with van der Waals surface area (Å²) in [7, 11) is 0. The number of ether oxygens (including phenoxy) is 1. The molecule has 0 aliphatic carbocycles. The van der Waals surface area contributed by atoms with Crippen molar-refractivity contribution in [1.82, 2.24) is 4.57 Å². The van der Waals surface area contributed by atoms with Crippen LogP contribution in [0.4, 0.5) is 0 Å². The fraction of sp³-hybridized carbons (Fsp3) is 0.308. The third-order valence-electron chi connectivity index (χ3n) is 3.07. The molecule has 0 amide bonds. The van der Waals surface area contributed by atoms with E-state index >= 15 is 0 Å². The average Bonchev–Trinajstić information content (AvgIpc) is 2.67. The zero-order valence-corrected chi connectivity index (χ0v) is 9.36. The van der Waals surface area contributed by atoms with E-state index in [0.717, 1.165) is 22.2 Å². The van der Waals surface area contributed by atoms with Crippen LogP contribution in [0, 0.1) is 0 Å². The summed E-state index contributed by atoms with van der Waals surface area (Å²) in [6.07, 6.45) is 1.92. The number of hydrogen-bond acceptors (Lipinski definition) is 2. The molecule has 1 aliphatic heterocycles. The minimum absolute atomic E-state index is 0.133. The Kier molecular flexibility index (Phi) is 1.84. The van der Waals surface area contributed by atoms with Gasteiger partial charge in [-0.15, -0.1) is 0 Å². The smallest absolute Gasteiger partial charge is 0.192 e. The zero-order valence-electron chi connectivity index (χ0n) is 9.36. The molecule has 3 rings (SSSR count). The van der Waals surface area contributed by atoms with E-state index in [1.807, 2.05) is 42.8 Å². The van der Waals surface area contributed by atoms with Crippen molar-refractivity contribution in [2.45, 2.75) is 26.5 Å². The summed E-state index contributed by atoms with van der Waals surface area (Å²) in [5.74, 6) is 1.05. The second kappa shape index (κ2) is 3.11. The maximum absolute atomic E-state index is 12.2. The van der Waals surface area contributed by atoms with Crippen molar-refractivity contribution in [1.29, 1.82) is 0 Å². The molecule has 0 radical (unpaired) electrons. The first-order valence-corrected chi connectivity index (χ1v) is 5.47. The van der Waals surface area contributed by atoms with Gasteiger partial charge < -0.3 is 9.30 Å². The number of para-hydroxylation sites is 1. The average molecular weight is 215 g/mol. The molecule has 16 heavy (non-hydrogen) atoms. The fourth-order valence-corrected chi connectivity index (χ4v) is 2.22. The summed E-state index contributed by atoms with van der Waals surface area (Å²) in [6, 6.07) is 5.65. The van der Waals surface area contributed by atoms with Crippen LogP contribution < -0.4 is 10.2 Å². The lowest BCUT2D eigenvalue weighted by molar-refractivity contribution is 0.269. The molecule has 1 aromatic carbocycles. The van der Waals surface area contributed by atoms with Crippen LogP contribution >= 0.6 is 0 Å². The lowest BCUT2D eigenvalue weighted by Crippen LogP contribution is -2.14.